The largest absolute Gasteiger partial charge is 0.481 e. The van der Waals surface area contributed by atoms with Crippen molar-refractivity contribution in [2.75, 3.05) is 28.4 Å². The van der Waals surface area contributed by atoms with E-state index >= 15 is 0 Å². The quantitative estimate of drug-likeness (QED) is 0.825. The van der Waals surface area contributed by atoms with E-state index in [9.17, 15) is 4.79 Å². The lowest BCUT2D eigenvalue weighted by Gasteiger charge is -2.00. The number of aromatic nitrogens is 4. The van der Waals surface area contributed by atoms with Gasteiger partial charge in [0, 0.05) is 6.07 Å². The molecule has 0 atom stereocenters. The molecule has 0 unspecified atom stereocenters. The fraction of sp³-hybridized carbons (Fsp3) is 0.333. The molecule has 9 nitrogen and oxygen atoms in total. The number of aromatic amines is 1. The molecule has 2 rings (SSSR count). The molecule has 2 aromatic rings. The van der Waals surface area contributed by atoms with E-state index in [0.717, 1.165) is 0 Å². The Morgan fingerprint density at radius 2 is 1.55 bits per heavy atom. The average molecular weight is 331 g/mol. The predicted molar refractivity (Wildman–Crippen MR) is 78.1 cm³/mol. The van der Waals surface area contributed by atoms with Crippen LogP contribution in [0.4, 0.5) is 0 Å². The molecule has 0 aromatic carbocycles. The zero-order chi connectivity index (χ0) is 16.5. The van der Waals surface area contributed by atoms with Crippen LogP contribution in [0, 0.1) is 0 Å². The summed E-state index contributed by atoms with van der Waals surface area (Å²) >= 11 is 5.60. The molecule has 0 saturated heterocycles. The summed E-state index contributed by atoms with van der Waals surface area (Å²) in [7, 11) is 5.81. The first-order valence-corrected chi connectivity index (χ1v) is 6.22. The topological polar surface area (TPSA) is 108 Å². The molecule has 0 amide bonds. The monoisotopic (exact) mass is 330 g/mol. The Hall–Kier alpha value is -2.55. The summed E-state index contributed by atoms with van der Waals surface area (Å²) in [5, 5.41) is 0.300. The highest BCUT2D eigenvalue weighted by Gasteiger charge is 2.01. The number of H-pyrrole nitrogens is 1. The van der Waals surface area contributed by atoms with Gasteiger partial charge < -0.3 is 18.9 Å². The van der Waals surface area contributed by atoms with Gasteiger partial charge in [0.1, 0.15) is 5.15 Å². The van der Waals surface area contributed by atoms with Crippen LogP contribution in [0.5, 0.6) is 23.8 Å². The second-order valence-corrected chi connectivity index (χ2v) is 3.90. The molecule has 120 valence electrons. The van der Waals surface area contributed by atoms with Gasteiger partial charge in [0.25, 0.3) is 11.6 Å². The Labute approximate surface area is 131 Å². The van der Waals surface area contributed by atoms with Crippen molar-refractivity contribution in [1.82, 2.24) is 19.9 Å². The van der Waals surface area contributed by atoms with E-state index in [1.807, 2.05) is 0 Å². The Morgan fingerprint density at radius 1 is 0.909 bits per heavy atom. The van der Waals surface area contributed by atoms with Crippen LogP contribution in [0.1, 0.15) is 0 Å². The highest BCUT2D eigenvalue weighted by Crippen LogP contribution is 2.16. The summed E-state index contributed by atoms with van der Waals surface area (Å²) in [6, 6.07) is 3.09. The molecule has 2 heterocycles. The van der Waals surface area contributed by atoms with Crippen molar-refractivity contribution in [3.05, 3.63) is 27.6 Å². The maximum absolute atomic E-state index is 10.8. The van der Waals surface area contributed by atoms with Crippen molar-refractivity contribution < 1.29 is 18.9 Å². The molecule has 10 heteroatoms. The van der Waals surface area contributed by atoms with Crippen LogP contribution >= 0.6 is 11.6 Å². The molecule has 22 heavy (non-hydrogen) atoms. The number of hydrogen-bond donors (Lipinski definition) is 1. The zero-order valence-electron chi connectivity index (χ0n) is 12.4. The van der Waals surface area contributed by atoms with Crippen molar-refractivity contribution in [2.24, 2.45) is 0 Å². The molecule has 0 aliphatic rings. The van der Waals surface area contributed by atoms with Crippen LogP contribution in [0.3, 0.4) is 0 Å². The molecular formula is C12H15ClN4O5. The van der Waals surface area contributed by atoms with Gasteiger partial charge in [-0.05, 0) is 0 Å². The zero-order valence-corrected chi connectivity index (χ0v) is 13.2. The number of nitrogens with zero attached hydrogens (tertiary/aromatic N) is 3. The SMILES string of the molecule is COc1cc(=O)[nH]c(OC)n1.COc1cc(Cl)nc(OC)n1. The first kappa shape index (κ1) is 17.5. The van der Waals surface area contributed by atoms with Crippen LogP contribution < -0.4 is 24.5 Å². The van der Waals surface area contributed by atoms with Crippen molar-refractivity contribution in [3.63, 3.8) is 0 Å². The molecular weight excluding hydrogens is 316 g/mol. The number of hydrogen-bond acceptors (Lipinski definition) is 8. The van der Waals surface area contributed by atoms with Crippen LogP contribution in [0.2, 0.25) is 5.15 Å². The maximum atomic E-state index is 10.8. The summed E-state index contributed by atoms with van der Waals surface area (Å²) < 4.78 is 19.0. The Balaban J connectivity index is 0.000000220. The normalized spacial score (nSPS) is 9.32. The van der Waals surface area contributed by atoms with Gasteiger partial charge in [-0.2, -0.15) is 15.0 Å². The number of rotatable bonds is 4. The van der Waals surface area contributed by atoms with Crippen molar-refractivity contribution in [2.45, 2.75) is 0 Å². The van der Waals surface area contributed by atoms with Crippen molar-refractivity contribution in [1.29, 1.82) is 0 Å². The van der Waals surface area contributed by atoms with Gasteiger partial charge >= 0.3 is 6.01 Å². The molecule has 0 radical (unpaired) electrons. The van der Waals surface area contributed by atoms with Crippen molar-refractivity contribution in [3.8, 4) is 23.8 Å². The molecule has 1 N–H and O–H groups in total. The molecule has 0 spiro atoms. The van der Waals surface area contributed by atoms with Gasteiger partial charge in [-0.15, -0.1) is 0 Å². The van der Waals surface area contributed by atoms with Crippen LogP contribution in [-0.2, 0) is 0 Å². The van der Waals surface area contributed by atoms with E-state index in [1.165, 1.54) is 40.6 Å². The smallest absolute Gasteiger partial charge is 0.320 e. The third-order valence-electron chi connectivity index (χ3n) is 2.14. The summed E-state index contributed by atoms with van der Waals surface area (Å²) in [6.07, 6.45) is 0. The Bertz CT molecular complexity index is 617. The van der Waals surface area contributed by atoms with E-state index in [-0.39, 0.29) is 23.5 Å². The van der Waals surface area contributed by atoms with Crippen LogP contribution in [0.25, 0.3) is 0 Å². The number of ether oxygens (including phenoxy) is 4. The minimum Gasteiger partial charge on any atom is -0.481 e. The third kappa shape index (κ3) is 5.44. The second-order valence-electron chi connectivity index (χ2n) is 3.52. The summed E-state index contributed by atoms with van der Waals surface area (Å²) in [4.78, 5) is 24.5. The number of nitrogens with one attached hydrogen (secondary N) is 1. The molecule has 2 aromatic heterocycles. The summed E-state index contributed by atoms with van der Waals surface area (Å²) in [5.74, 6) is 0.632. The molecule has 0 fully saturated rings. The summed E-state index contributed by atoms with van der Waals surface area (Å²) in [5.41, 5.74) is -0.297. The van der Waals surface area contributed by atoms with E-state index in [1.54, 1.807) is 0 Å². The van der Waals surface area contributed by atoms with Gasteiger partial charge in [-0.1, -0.05) is 11.6 Å². The molecule has 0 aliphatic carbocycles. The van der Waals surface area contributed by atoms with E-state index < -0.39 is 0 Å². The first-order valence-electron chi connectivity index (χ1n) is 5.84. The number of methoxy groups -OCH3 is 4. The fourth-order valence-electron chi connectivity index (χ4n) is 1.19. The first-order chi connectivity index (χ1) is 10.5. The minimum absolute atomic E-state index is 0.148. The van der Waals surface area contributed by atoms with E-state index in [4.69, 9.17) is 30.5 Å². The van der Waals surface area contributed by atoms with Gasteiger partial charge in [-0.25, -0.2) is 0 Å². The van der Waals surface area contributed by atoms with Gasteiger partial charge in [0.05, 0.1) is 34.5 Å². The molecule has 0 saturated carbocycles. The standard InChI is InChI=1S/C6H7ClN2O2.C6H8N2O3/c1-10-5-3-4(7)8-6(9-5)11-2;1-10-5-3-4(9)7-6(8-5)11-2/h3H,1-2H3;3H,1-2H3,(H,7,8,9). The van der Waals surface area contributed by atoms with Gasteiger partial charge in [0.15, 0.2) is 0 Å². The minimum atomic E-state index is -0.297. The third-order valence-corrected chi connectivity index (χ3v) is 2.34. The predicted octanol–water partition coefficient (Wildman–Crippen LogP) is 0.934. The number of halogens is 1. The molecule has 0 bridgehead atoms. The van der Waals surface area contributed by atoms with Crippen molar-refractivity contribution >= 4 is 11.6 Å². The lowest BCUT2D eigenvalue weighted by molar-refractivity contribution is 0.350. The van der Waals surface area contributed by atoms with E-state index in [0.29, 0.717) is 11.0 Å². The van der Waals surface area contributed by atoms with E-state index in [2.05, 4.69) is 19.9 Å². The maximum Gasteiger partial charge on any atom is 0.320 e. The highest BCUT2D eigenvalue weighted by atomic mass is 35.5. The summed E-state index contributed by atoms with van der Waals surface area (Å²) in [6.45, 7) is 0. The average Bonchev–Trinajstić information content (AvgIpc) is 2.53. The lowest BCUT2D eigenvalue weighted by Crippen LogP contribution is -2.08. The Morgan fingerprint density at radius 3 is 2.09 bits per heavy atom. The molecule has 0 aliphatic heterocycles. The second kappa shape index (κ2) is 8.67. The fourth-order valence-corrected chi connectivity index (χ4v) is 1.35. The van der Waals surface area contributed by atoms with Gasteiger partial charge in [-0.3, -0.25) is 9.78 Å². The van der Waals surface area contributed by atoms with Crippen LogP contribution in [0.15, 0.2) is 16.9 Å². The van der Waals surface area contributed by atoms with Gasteiger partial charge in [0.2, 0.25) is 11.8 Å². The Kier molecular flexibility index (Phi) is 6.90. The highest BCUT2D eigenvalue weighted by molar-refractivity contribution is 6.29. The lowest BCUT2D eigenvalue weighted by atomic mass is 10.6. The van der Waals surface area contributed by atoms with Crippen LogP contribution in [-0.4, -0.2) is 48.4 Å².